The van der Waals surface area contributed by atoms with Gasteiger partial charge in [0.25, 0.3) is 0 Å². The third-order valence-corrected chi connectivity index (χ3v) is 3.74. The van der Waals surface area contributed by atoms with E-state index in [0.717, 1.165) is 23.7 Å². The van der Waals surface area contributed by atoms with Gasteiger partial charge in [-0.2, -0.15) is 0 Å². The van der Waals surface area contributed by atoms with Gasteiger partial charge >= 0.3 is 0 Å². The minimum atomic E-state index is 0.343. The lowest BCUT2D eigenvalue weighted by atomic mass is 10.3. The van der Waals surface area contributed by atoms with Crippen LogP contribution in [0.1, 0.15) is 19.0 Å². The molecule has 2 atom stereocenters. The minimum absolute atomic E-state index is 0.343. The standard InChI is InChI=1S/C10H14N2OS/c1-7-5-10(12-6-11-7)14-9-3-4-13-8(9)2/h5-6,8-9H,3-4H2,1-2H3/t8-,9+/m0/s1. The second kappa shape index (κ2) is 4.28. The summed E-state index contributed by atoms with van der Waals surface area (Å²) in [6.45, 7) is 4.99. The highest BCUT2D eigenvalue weighted by Crippen LogP contribution is 2.31. The predicted molar refractivity (Wildman–Crippen MR) is 56.4 cm³/mol. The Bertz CT molecular complexity index is 319. The van der Waals surface area contributed by atoms with Crippen LogP contribution >= 0.6 is 11.8 Å². The van der Waals surface area contributed by atoms with Gasteiger partial charge in [-0.05, 0) is 26.3 Å². The zero-order chi connectivity index (χ0) is 9.97. The minimum Gasteiger partial charge on any atom is -0.377 e. The molecule has 1 aliphatic rings. The molecule has 0 radical (unpaired) electrons. The van der Waals surface area contributed by atoms with Crippen molar-refractivity contribution >= 4 is 11.8 Å². The van der Waals surface area contributed by atoms with Gasteiger partial charge in [-0.25, -0.2) is 9.97 Å². The largest absolute Gasteiger partial charge is 0.377 e. The van der Waals surface area contributed by atoms with Gasteiger partial charge in [-0.1, -0.05) is 0 Å². The van der Waals surface area contributed by atoms with Crippen molar-refractivity contribution in [2.24, 2.45) is 0 Å². The molecule has 1 saturated heterocycles. The molecule has 4 heteroatoms. The Balaban J connectivity index is 2.03. The first-order chi connectivity index (χ1) is 6.75. The lowest BCUT2D eigenvalue weighted by Gasteiger charge is -2.12. The molecule has 76 valence electrons. The van der Waals surface area contributed by atoms with Crippen molar-refractivity contribution in [2.45, 2.75) is 36.6 Å². The van der Waals surface area contributed by atoms with Gasteiger partial charge in [0.15, 0.2) is 0 Å². The number of nitrogens with zero attached hydrogens (tertiary/aromatic N) is 2. The lowest BCUT2D eigenvalue weighted by molar-refractivity contribution is 0.127. The molecule has 1 aromatic heterocycles. The molecule has 14 heavy (non-hydrogen) atoms. The summed E-state index contributed by atoms with van der Waals surface area (Å²) in [6.07, 6.45) is 3.09. The van der Waals surface area contributed by atoms with E-state index in [1.165, 1.54) is 0 Å². The summed E-state index contributed by atoms with van der Waals surface area (Å²) in [6, 6.07) is 2.02. The Morgan fingerprint density at radius 1 is 1.50 bits per heavy atom. The molecule has 0 amide bonds. The Labute approximate surface area is 88.3 Å². The third-order valence-electron chi connectivity index (χ3n) is 2.36. The maximum absolute atomic E-state index is 5.50. The van der Waals surface area contributed by atoms with E-state index in [-0.39, 0.29) is 0 Å². The van der Waals surface area contributed by atoms with Gasteiger partial charge in [-0.15, -0.1) is 11.8 Å². The van der Waals surface area contributed by atoms with Crippen molar-refractivity contribution in [3.63, 3.8) is 0 Å². The molecular formula is C10H14N2OS. The van der Waals surface area contributed by atoms with Crippen molar-refractivity contribution in [1.82, 2.24) is 9.97 Å². The van der Waals surface area contributed by atoms with Crippen LogP contribution in [0.2, 0.25) is 0 Å². The fraction of sp³-hybridized carbons (Fsp3) is 0.600. The first-order valence-corrected chi connectivity index (χ1v) is 5.70. The van der Waals surface area contributed by atoms with E-state index in [0.29, 0.717) is 11.4 Å². The molecule has 0 aliphatic carbocycles. The zero-order valence-corrected chi connectivity index (χ0v) is 9.25. The summed E-state index contributed by atoms with van der Waals surface area (Å²) < 4.78 is 5.50. The van der Waals surface area contributed by atoms with Crippen molar-refractivity contribution in [2.75, 3.05) is 6.61 Å². The lowest BCUT2D eigenvalue weighted by Crippen LogP contribution is -2.13. The Morgan fingerprint density at radius 3 is 3.00 bits per heavy atom. The quantitative estimate of drug-likeness (QED) is 0.700. The molecule has 0 bridgehead atoms. The second-order valence-electron chi connectivity index (χ2n) is 3.52. The predicted octanol–water partition coefficient (Wildman–Crippen LogP) is 2.05. The van der Waals surface area contributed by atoms with Crippen LogP contribution in [0.25, 0.3) is 0 Å². The van der Waals surface area contributed by atoms with Crippen LogP contribution < -0.4 is 0 Å². The molecule has 2 rings (SSSR count). The Morgan fingerprint density at radius 2 is 2.36 bits per heavy atom. The third kappa shape index (κ3) is 2.25. The fourth-order valence-corrected chi connectivity index (χ4v) is 2.66. The maximum Gasteiger partial charge on any atom is 0.116 e. The van der Waals surface area contributed by atoms with Gasteiger partial charge in [0.1, 0.15) is 6.33 Å². The van der Waals surface area contributed by atoms with Gasteiger partial charge in [0, 0.05) is 17.6 Å². The van der Waals surface area contributed by atoms with E-state index in [1.807, 2.05) is 13.0 Å². The van der Waals surface area contributed by atoms with Crippen LogP contribution in [0.5, 0.6) is 0 Å². The summed E-state index contributed by atoms with van der Waals surface area (Å²) in [5.41, 5.74) is 1.02. The summed E-state index contributed by atoms with van der Waals surface area (Å²) in [5, 5.41) is 1.60. The molecule has 1 fully saturated rings. The number of hydrogen-bond donors (Lipinski definition) is 0. The molecular weight excluding hydrogens is 196 g/mol. The first-order valence-electron chi connectivity index (χ1n) is 4.82. The van der Waals surface area contributed by atoms with Crippen LogP contribution in [-0.2, 0) is 4.74 Å². The summed E-state index contributed by atoms with van der Waals surface area (Å²) in [7, 11) is 0. The maximum atomic E-state index is 5.50. The fourth-order valence-electron chi connectivity index (χ4n) is 1.52. The molecule has 0 N–H and O–H groups in total. The molecule has 1 aliphatic heterocycles. The molecule has 1 aromatic rings. The van der Waals surface area contributed by atoms with Gasteiger partial charge in [0.2, 0.25) is 0 Å². The molecule has 0 saturated carbocycles. The van der Waals surface area contributed by atoms with E-state index >= 15 is 0 Å². The van der Waals surface area contributed by atoms with Crippen molar-refractivity contribution in [1.29, 1.82) is 0 Å². The summed E-state index contributed by atoms with van der Waals surface area (Å²) >= 11 is 1.80. The SMILES string of the molecule is Cc1cc(S[C@@H]2CCO[C@H]2C)ncn1. The molecule has 0 spiro atoms. The molecule has 0 unspecified atom stereocenters. The second-order valence-corrected chi connectivity index (χ2v) is 4.78. The van der Waals surface area contributed by atoms with Crippen LogP contribution in [0.15, 0.2) is 17.4 Å². The number of thioether (sulfide) groups is 1. The highest BCUT2D eigenvalue weighted by molar-refractivity contribution is 7.99. The van der Waals surface area contributed by atoms with E-state index in [4.69, 9.17) is 4.74 Å². The van der Waals surface area contributed by atoms with E-state index in [2.05, 4.69) is 16.9 Å². The zero-order valence-electron chi connectivity index (χ0n) is 8.43. The monoisotopic (exact) mass is 210 g/mol. The first kappa shape index (κ1) is 9.93. The smallest absolute Gasteiger partial charge is 0.116 e. The van der Waals surface area contributed by atoms with Crippen LogP contribution in [0.3, 0.4) is 0 Å². The number of rotatable bonds is 2. The van der Waals surface area contributed by atoms with Crippen LogP contribution in [-0.4, -0.2) is 27.9 Å². The molecule has 0 aromatic carbocycles. The van der Waals surface area contributed by atoms with Crippen LogP contribution in [0.4, 0.5) is 0 Å². The average Bonchev–Trinajstić information content (AvgIpc) is 2.52. The van der Waals surface area contributed by atoms with E-state index in [1.54, 1.807) is 18.1 Å². The number of aryl methyl sites for hydroxylation is 1. The van der Waals surface area contributed by atoms with Crippen molar-refractivity contribution in [3.8, 4) is 0 Å². The summed E-state index contributed by atoms with van der Waals surface area (Å²) in [4.78, 5) is 8.31. The van der Waals surface area contributed by atoms with Gasteiger partial charge in [-0.3, -0.25) is 0 Å². The van der Waals surface area contributed by atoms with E-state index in [9.17, 15) is 0 Å². The van der Waals surface area contributed by atoms with Gasteiger partial charge in [0.05, 0.1) is 11.1 Å². The number of ether oxygens (including phenoxy) is 1. The Hall–Kier alpha value is -0.610. The average molecular weight is 210 g/mol. The molecule has 2 heterocycles. The van der Waals surface area contributed by atoms with Crippen LogP contribution in [0, 0.1) is 6.92 Å². The normalized spacial score (nSPS) is 26.7. The summed E-state index contributed by atoms with van der Waals surface area (Å²) in [5.74, 6) is 0. The van der Waals surface area contributed by atoms with E-state index < -0.39 is 0 Å². The van der Waals surface area contributed by atoms with Crippen molar-refractivity contribution in [3.05, 3.63) is 18.1 Å². The Kier molecular flexibility index (Phi) is 3.03. The highest BCUT2D eigenvalue weighted by Gasteiger charge is 2.25. The van der Waals surface area contributed by atoms with Gasteiger partial charge < -0.3 is 4.74 Å². The number of hydrogen-bond acceptors (Lipinski definition) is 4. The molecule has 3 nitrogen and oxygen atoms in total. The topological polar surface area (TPSA) is 35.0 Å². The number of aromatic nitrogens is 2. The van der Waals surface area contributed by atoms with Crippen molar-refractivity contribution < 1.29 is 4.74 Å². The highest BCUT2D eigenvalue weighted by atomic mass is 32.2.